The van der Waals surface area contributed by atoms with Gasteiger partial charge in [0.2, 0.25) is 0 Å². The van der Waals surface area contributed by atoms with Gasteiger partial charge in [0.15, 0.2) is 0 Å². The van der Waals surface area contributed by atoms with Gasteiger partial charge in [-0.1, -0.05) is 0 Å². The highest BCUT2D eigenvalue weighted by Gasteiger charge is 2.20. The molecular weight excluding hydrogens is 437 g/mol. The number of benzene rings is 1. The third-order valence-corrected chi connectivity index (χ3v) is 4.51. The van der Waals surface area contributed by atoms with Crippen LogP contribution in [0.2, 0.25) is 0 Å². The lowest BCUT2D eigenvalue weighted by Crippen LogP contribution is -2.36. The molecule has 8 heteroatoms. The maximum Gasteiger partial charge on any atom is 0.325 e. The molecule has 0 saturated heterocycles. The zero-order valence-corrected chi connectivity index (χ0v) is 17.0. The Labute approximate surface area is 160 Å². The summed E-state index contributed by atoms with van der Waals surface area (Å²) in [6, 6.07) is 3.96. The van der Waals surface area contributed by atoms with E-state index in [4.69, 9.17) is 9.47 Å². The largest absolute Gasteiger partial charge is 0.465 e. The van der Waals surface area contributed by atoms with Crippen LogP contribution in [0.3, 0.4) is 0 Å². The second-order valence-corrected chi connectivity index (χ2v) is 6.56. The monoisotopic (exact) mass is 459 g/mol. The van der Waals surface area contributed by atoms with E-state index >= 15 is 0 Å². The molecule has 0 atom stereocenters. The van der Waals surface area contributed by atoms with Crippen molar-refractivity contribution in [2.75, 3.05) is 31.2 Å². The van der Waals surface area contributed by atoms with Crippen molar-refractivity contribution in [3.8, 4) is 0 Å². The van der Waals surface area contributed by atoms with Gasteiger partial charge in [0.1, 0.15) is 16.8 Å². The van der Waals surface area contributed by atoms with Crippen LogP contribution >= 0.6 is 22.6 Å². The average Bonchev–Trinajstić information content (AvgIpc) is 2.80. The standard InChI is InChI=1S/C17H22IN3O4/c1-5-24-15(22)9-21(10-16(23)25-6-2)13-8-12-14(7-11(13)3)20(4)19-17(12)18/h7-8H,5-6,9-10H2,1-4H3. The fourth-order valence-corrected chi connectivity index (χ4v) is 3.40. The van der Waals surface area contributed by atoms with Crippen LogP contribution in [0.5, 0.6) is 0 Å². The molecule has 1 aromatic heterocycles. The summed E-state index contributed by atoms with van der Waals surface area (Å²) < 4.78 is 12.8. The Kier molecular flexibility index (Phi) is 6.63. The first-order valence-corrected chi connectivity index (χ1v) is 9.14. The highest BCUT2D eigenvalue weighted by Crippen LogP contribution is 2.29. The zero-order valence-electron chi connectivity index (χ0n) is 14.8. The summed E-state index contributed by atoms with van der Waals surface area (Å²) >= 11 is 2.17. The third-order valence-electron chi connectivity index (χ3n) is 3.71. The van der Waals surface area contributed by atoms with E-state index in [-0.39, 0.29) is 25.0 Å². The quantitative estimate of drug-likeness (QED) is 0.468. The lowest BCUT2D eigenvalue weighted by atomic mass is 10.1. The van der Waals surface area contributed by atoms with Gasteiger partial charge in [0.25, 0.3) is 0 Å². The summed E-state index contributed by atoms with van der Waals surface area (Å²) in [7, 11) is 1.89. The fourth-order valence-electron chi connectivity index (χ4n) is 2.65. The number of halogens is 1. The molecule has 1 heterocycles. The van der Waals surface area contributed by atoms with Crippen LogP contribution in [0.25, 0.3) is 10.9 Å². The summed E-state index contributed by atoms with van der Waals surface area (Å²) in [4.78, 5) is 25.6. The Hall–Kier alpha value is -1.84. The number of ether oxygens (including phenoxy) is 2. The van der Waals surface area contributed by atoms with Gasteiger partial charge in [-0.2, -0.15) is 5.10 Å². The lowest BCUT2D eigenvalue weighted by molar-refractivity contribution is -0.142. The molecule has 0 saturated carbocycles. The number of rotatable bonds is 7. The van der Waals surface area contributed by atoms with Gasteiger partial charge >= 0.3 is 11.9 Å². The molecule has 25 heavy (non-hydrogen) atoms. The molecule has 0 aliphatic carbocycles. The normalized spacial score (nSPS) is 10.8. The molecular formula is C17H22IN3O4. The van der Waals surface area contributed by atoms with Gasteiger partial charge in [0.05, 0.1) is 18.7 Å². The average molecular weight is 459 g/mol. The van der Waals surface area contributed by atoms with Crippen molar-refractivity contribution in [2.45, 2.75) is 20.8 Å². The van der Waals surface area contributed by atoms with E-state index in [9.17, 15) is 9.59 Å². The first-order valence-electron chi connectivity index (χ1n) is 8.06. The second-order valence-electron chi connectivity index (χ2n) is 5.54. The number of nitrogens with zero attached hydrogens (tertiary/aromatic N) is 3. The van der Waals surface area contributed by atoms with E-state index in [0.29, 0.717) is 13.2 Å². The van der Waals surface area contributed by atoms with Gasteiger partial charge in [0, 0.05) is 18.1 Å². The van der Waals surface area contributed by atoms with Crippen molar-refractivity contribution >= 4 is 51.1 Å². The van der Waals surface area contributed by atoms with Crippen LogP contribution in [-0.2, 0) is 26.1 Å². The van der Waals surface area contributed by atoms with Crippen LogP contribution in [0.4, 0.5) is 5.69 Å². The van der Waals surface area contributed by atoms with E-state index in [1.807, 2.05) is 30.8 Å². The number of hydrogen-bond donors (Lipinski definition) is 0. The number of carbonyl (C=O) groups is 2. The van der Waals surface area contributed by atoms with E-state index in [2.05, 4.69) is 27.7 Å². The van der Waals surface area contributed by atoms with E-state index < -0.39 is 0 Å². The van der Waals surface area contributed by atoms with E-state index in [1.165, 1.54) is 0 Å². The summed E-state index contributed by atoms with van der Waals surface area (Å²) in [5, 5.41) is 5.39. The predicted molar refractivity (Wildman–Crippen MR) is 104 cm³/mol. The van der Waals surface area contributed by atoms with Crippen LogP contribution in [0.1, 0.15) is 19.4 Å². The van der Waals surface area contributed by atoms with Crippen LogP contribution < -0.4 is 4.90 Å². The van der Waals surface area contributed by atoms with Crippen molar-refractivity contribution in [3.05, 3.63) is 21.4 Å². The molecule has 1 aromatic carbocycles. The Morgan fingerprint density at radius 1 is 1.16 bits per heavy atom. The van der Waals surface area contributed by atoms with Gasteiger partial charge in [-0.15, -0.1) is 0 Å². The van der Waals surface area contributed by atoms with Crippen LogP contribution in [0.15, 0.2) is 12.1 Å². The van der Waals surface area contributed by atoms with E-state index in [0.717, 1.165) is 25.9 Å². The van der Waals surface area contributed by atoms with Crippen LogP contribution in [0, 0.1) is 10.6 Å². The van der Waals surface area contributed by atoms with Crippen molar-refractivity contribution in [1.82, 2.24) is 9.78 Å². The summed E-state index contributed by atoms with van der Waals surface area (Å²) in [6.45, 7) is 6.00. The van der Waals surface area contributed by atoms with Crippen molar-refractivity contribution in [2.24, 2.45) is 7.05 Å². The lowest BCUT2D eigenvalue weighted by Gasteiger charge is -2.24. The topological polar surface area (TPSA) is 73.7 Å². The van der Waals surface area contributed by atoms with Gasteiger partial charge in [-0.25, -0.2) is 0 Å². The number of aromatic nitrogens is 2. The molecule has 0 amide bonds. The molecule has 7 nitrogen and oxygen atoms in total. The van der Waals surface area contributed by atoms with E-state index in [1.54, 1.807) is 18.7 Å². The molecule has 0 bridgehead atoms. The maximum atomic E-state index is 12.0. The molecule has 0 aliphatic rings. The Morgan fingerprint density at radius 3 is 2.24 bits per heavy atom. The first-order chi connectivity index (χ1) is 11.9. The van der Waals surface area contributed by atoms with Crippen LogP contribution in [-0.4, -0.2) is 48.0 Å². The Balaban J connectivity index is 2.42. The van der Waals surface area contributed by atoms with Gasteiger partial charge in [-0.05, 0) is 61.1 Å². The predicted octanol–water partition coefficient (Wildman–Crippen LogP) is 2.42. The van der Waals surface area contributed by atoms with Crippen molar-refractivity contribution in [3.63, 3.8) is 0 Å². The Bertz CT molecular complexity index is 768. The summed E-state index contributed by atoms with van der Waals surface area (Å²) in [6.07, 6.45) is 0. The molecule has 0 spiro atoms. The number of fused-ring (bicyclic) bond motifs is 1. The van der Waals surface area contributed by atoms with Gasteiger partial charge < -0.3 is 14.4 Å². The minimum absolute atomic E-state index is 0.0180. The molecule has 0 fully saturated rings. The van der Waals surface area contributed by atoms with Crippen molar-refractivity contribution < 1.29 is 19.1 Å². The molecule has 2 rings (SSSR count). The number of carbonyl (C=O) groups excluding carboxylic acids is 2. The zero-order chi connectivity index (χ0) is 18.6. The summed E-state index contributed by atoms with van der Waals surface area (Å²) in [5.41, 5.74) is 2.73. The van der Waals surface area contributed by atoms with Crippen molar-refractivity contribution in [1.29, 1.82) is 0 Å². The number of aryl methyl sites for hydroxylation is 2. The molecule has 0 radical (unpaired) electrons. The molecule has 136 valence electrons. The molecule has 0 unspecified atom stereocenters. The highest BCUT2D eigenvalue weighted by molar-refractivity contribution is 14.1. The molecule has 0 aliphatic heterocycles. The maximum absolute atomic E-state index is 12.0. The third kappa shape index (κ3) is 4.62. The highest BCUT2D eigenvalue weighted by atomic mass is 127. The fraction of sp³-hybridized carbons (Fsp3) is 0.471. The van der Waals surface area contributed by atoms with Gasteiger partial charge in [-0.3, -0.25) is 14.3 Å². The number of esters is 2. The Morgan fingerprint density at radius 2 is 1.72 bits per heavy atom. The smallest absolute Gasteiger partial charge is 0.325 e. The summed E-state index contributed by atoms with van der Waals surface area (Å²) in [5.74, 6) is -0.764. The number of hydrogen-bond acceptors (Lipinski definition) is 6. The minimum Gasteiger partial charge on any atom is -0.465 e. The SMILES string of the molecule is CCOC(=O)CN(CC(=O)OCC)c1cc2c(I)nn(C)c2cc1C. The number of anilines is 1. The second kappa shape index (κ2) is 8.50. The minimum atomic E-state index is -0.382. The molecule has 2 aromatic rings. The molecule has 0 N–H and O–H groups in total. The first kappa shape index (κ1) is 19.5.